The van der Waals surface area contributed by atoms with Gasteiger partial charge < -0.3 is 9.57 Å². The van der Waals surface area contributed by atoms with E-state index in [0.29, 0.717) is 41.5 Å². The molecule has 0 saturated carbocycles. The van der Waals surface area contributed by atoms with Crippen molar-refractivity contribution in [1.29, 1.82) is 0 Å². The first-order chi connectivity index (χ1) is 17.9. The summed E-state index contributed by atoms with van der Waals surface area (Å²) < 4.78 is 7.90. The van der Waals surface area contributed by atoms with Crippen molar-refractivity contribution in [1.82, 2.24) is 19.6 Å². The van der Waals surface area contributed by atoms with Crippen molar-refractivity contribution in [2.24, 2.45) is 10.6 Å². The van der Waals surface area contributed by atoms with Gasteiger partial charge in [0.1, 0.15) is 12.1 Å². The number of nitrogens with zero attached hydrogens (tertiary/aromatic N) is 5. The van der Waals surface area contributed by atoms with Crippen LogP contribution in [0.5, 0.6) is 5.88 Å². The Kier molecular flexibility index (Phi) is 5.59. The van der Waals surface area contributed by atoms with Crippen LogP contribution < -0.4 is 4.74 Å². The van der Waals surface area contributed by atoms with Crippen LogP contribution in [-0.2, 0) is 16.2 Å². The summed E-state index contributed by atoms with van der Waals surface area (Å²) in [5.74, 6) is 1.39. The van der Waals surface area contributed by atoms with Crippen molar-refractivity contribution in [2.45, 2.75) is 46.1 Å². The molecule has 2 aromatic carbocycles. The summed E-state index contributed by atoms with van der Waals surface area (Å²) in [5.41, 5.74) is 4.59. The Hall–Kier alpha value is -4.33. The van der Waals surface area contributed by atoms with E-state index >= 15 is 0 Å². The second kappa shape index (κ2) is 8.96. The molecule has 2 aliphatic rings. The first-order valence-corrected chi connectivity index (χ1v) is 12.3. The van der Waals surface area contributed by atoms with Gasteiger partial charge in [0, 0.05) is 24.3 Å². The molecule has 186 valence electrons. The predicted molar refractivity (Wildman–Crippen MR) is 138 cm³/mol. The van der Waals surface area contributed by atoms with Crippen LogP contribution in [0.15, 0.2) is 83.5 Å². The summed E-state index contributed by atoms with van der Waals surface area (Å²) in [4.78, 5) is 28.4. The van der Waals surface area contributed by atoms with Crippen molar-refractivity contribution in [3.63, 3.8) is 0 Å². The zero-order valence-corrected chi connectivity index (χ0v) is 21.0. The predicted octanol–water partition coefficient (Wildman–Crippen LogP) is 5.23. The number of benzene rings is 2. The Bertz CT molecular complexity index is 1550. The molecule has 0 fully saturated rings. The molecule has 1 aliphatic heterocycles. The average Bonchev–Trinajstić information content (AvgIpc) is 3.31. The molecule has 0 bridgehead atoms. The second-order valence-corrected chi connectivity index (χ2v) is 10.3. The van der Waals surface area contributed by atoms with Gasteiger partial charge in [-0.25, -0.2) is 14.5 Å². The van der Waals surface area contributed by atoms with Crippen LogP contribution in [0.3, 0.4) is 0 Å². The summed E-state index contributed by atoms with van der Waals surface area (Å²) >= 11 is 0. The first-order valence-electron chi connectivity index (χ1n) is 12.3. The molecular formula is C29H27N5O3. The molecule has 4 aromatic rings. The van der Waals surface area contributed by atoms with Gasteiger partial charge in [0.05, 0.1) is 11.3 Å². The molecule has 2 aromatic heterocycles. The summed E-state index contributed by atoms with van der Waals surface area (Å²) in [6, 6.07) is 19.8. The lowest BCUT2D eigenvalue weighted by atomic mass is 9.70. The van der Waals surface area contributed by atoms with E-state index in [0.717, 1.165) is 22.4 Å². The van der Waals surface area contributed by atoms with E-state index in [-0.39, 0.29) is 23.7 Å². The molecule has 0 radical (unpaired) electrons. The maximum atomic E-state index is 13.5. The summed E-state index contributed by atoms with van der Waals surface area (Å²) in [5, 5.41) is 8.78. The highest BCUT2D eigenvalue weighted by Crippen LogP contribution is 2.50. The number of carbonyl (C=O) groups excluding carboxylic acids is 1. The Morgan fingerprint density at radius 3 is 2.59 bits per heavy atom. The lowest BCUT2D eigenvalue weighted by molar-refractivity contribution is -0.118. The molecule has 3 heterocycles. The quantitative estimate of drug-likeness (QED) is 0.279. The third-order valence-electron chi connectivity index (χ3n) is 6.83. The van der Waals surface area contributed by atoms with Gasteiger partial charge in [0.15, 0.2) is 23.9 Å². The zero-order chi connectivity index (χ0) is 25.6. The van der Waals surface area contributed by atoms with E-state index in [1.165, 1.54) is 0 Å². The van der Waals surface area contributed by atoms with Crippen LogP contribution in [0.1, 0.15) is 62.0 Å². The molecule has 0 N–H and O–H groups in total. The molecule has 1 aliphatic carbocycles. The number of Topliss-reactive ketones (excluding diaryl/α,β-unsaturated/α-hetero) is 1. The summed E-state index contributed by atoms with van der Waals surface area (Å²) in [6.07, 6.45) is 2.73. The Labute approximate surface area is 214 Å². The highest BCUT2D eigenvalue weighted by molar-refractivity contribution is 6.00. The van der Waals surface area contributed by atoms with Gasteiger partial charge in [-0.05, 0) is 23.5 Å². The molecule has 1 atom stereocenters. The molecule has 6 rings (SSSR count). The minimum absolute atomic E-state index is 0.0958. The van der Waals surface area contributed by atoms with Gasteiger partial charge in [-0.15, -0.1) is 5.10 Å². The van der Waals surface area contributed by atoms with Gasteiger partial charge in [0.25, 0.3) is 0 Å². The van der Waals surface area contributed by atoms with Gasteiger partial charge >= 0.3 is 0 Å². The average molecular weight is 494 g/mol. The second-order valence-electron chi connectivity index (χ2n) is 10.3. The van der Waals surface area contributed by atoms with E-state index in [2.05, 4.69) is 29.1 Å². The largest absolute Gasteiger partial charge is 0.442 e. The molecule has 0 saturated heterocycles. The Morgan fingerprint density at radius 2 is 1.84 bits per heavy atom. The van der Waals surface area contributed by atoms with Crippen LogP contribution in [0.25, 0.3) is 5.65 Å². The zero-order valence-electron chi connectivity index (χ0n) is 21.0. The fourth-order valence-corrected chi connectivity index (χ4v) is 5.15. The standard InChI is InChI=1S/C29H27N5O3/c1-18(19-10-6-4-7-11-19)33-36-16-23-31-27-26-24(20-12-8-5-9-13-20)25-21(35)14-29(2,3)15-22(25)37-28(26)30-17-34(27)32-23/h4-13,17,24H,14-16H2,1-3H3. The Balaban J connectivity index is 1.39. The normalized spacial score (nSPS) is 18.8. The number of ketones is 1. The number of carbonyl (C=O) groups is 1. The van der Waals surface area contributed by atoms with Crippen LogP contribution in [0, 0.1) is 5.41 Å². The highest BCUT2D eigenvalue weighted by Gasteiger charge is 2.43. The van der Waals surface area contributed by atoms with E-state index in [1.807, 2.05) is 67.6 Å². The van der Waals surface area contributed by atoms with Crippen LogP contribution in [-0.4, -0.2) is 31.1 Å². The van der Waals surface area contributed by atoms with E-state index < -0.39 is 0 Å². The minimum Gasteiger partial charge on any atom is -0.442 e. The summed E-state index contributed by atoms with van der Waals surface area (Å²) in [6.45, 7) is 6.17. The number of hydrogen-bond donors (Lipinski definition) is 0. The number of hydrogen-bond acceptors (Lipinski definition) is 7. The molecular weight excluding hydrogens is 466 g/mol. The number of aromatic nitrogens is 4. The van der Waals surface area contributed by atoms with Crippen molar-refractivity contribution < 1.29 is 14.4 Å². The monoisotopic (exact) mass is 493 g/mol. The molecule has 1 unspecified atom stereocenters. The number of oxime groups is 1. The van der Waals surface area contributed by atoms with E-state index in [1.54, 1.807) is 10.8 Å². The number of ether oxygens (including phenoxy) is 1. The smallest absolute Gasteiger partial charge is 0.228 e. The van der Waals surface area contributed by atoms with Crippen molar-refractivity contribution >= 4 is 17.1 Å². The topological polar surface area (TPSA) is 91.0 Å². The lowest BCUT2D eigenvalue weighted by Gasteiger charge is -2.37. The SMILES string of the molecule is CC(=NOCc1nc2c3c(ncn2n1)OC1=C(C(=O)CC(C)(C)C1)C3c1ccccc1)c1ccccc1. The Morgan fingerprint density at radius 1 is 1.11 bits per heavy atom. The molecule has 8 heteroatoms. The maximum absolute atomic E-state index is 13.5. The van der Waals surface area contributed by atoms with E-state index in [4.69, 9.17) is 14.6 Å². The molecule has 0 spiro atoms. The van der Waals surface area contributed by atoms with Gasteiger partial charge in [-0.3, -0.25) is 4.79 Å². The number of allylic oxidation sites excluding steroid dienone is 2. The molecule has 37 heavy (non-hydrogen) atoms. The first kappa shape index (κ1) is 23.1. The highest BCUT2D eigenvalue weighted by atomic mass is 16.6. The van der Waals surface area contributed by atoms with Crippen molar-refractivity contribution in [2.75, 3.05) is 0 Å². The fraction of sp³-hybridized carbons (Fsp3) is 0.276. The third kappa shape index (κ3) is 4.28. The van der Waals surface area contributed by atoms with Gasteiger partial charge in [0.2, 0.25) is 5.88 Å². The van der Waals surface area contributed by atoms with E-state index in [9.17, 15) is 4.79 Å². The van der Waals surface area contributed by atoms with Crippen LogP contribution in [0.4, 0.5) is 0 Å². The van der Waals surface area contributed by atoms with Crippen LogP contribution in [0.2, 0.25) is 0 Å². The molecule has 0 amide bonds. The number of rotatable bonds is 5. The van der Waals surface area contributed by atoms with Gasteiger partial charge in [-0.1, -0.05) is 79.7 Å². The minimum atomic E-state index is -0.337. The summed E-state index contributed by atoms with van der Waals surface area (Å²) in [7, 11) is 0. The van der Waals surface area contributed by atoms with Crippen molar-refractivity contribution in [3.8, 4) is 5.88 Å². The van der Waals surface area contributed by atoms with Crippen molar-refractivity contribution in [3.05, 3.63) is 101 Å². The van der Waals surface area contributed by atoms with Gasteiger partial charge in [-0.2, -0.15) is 0 Å². The fourth-order valence-electron chi connectivity index (χ4n) is 5.15. The lowest BCUT2D eigenvalue weighted by Crippen LogP contribution is -2.33. The third-order valence-corrected chi connectivity index (χ3v) is 6.83. The van der Waals surface area contributed by atoms with Crippen LogP contribution >= 0.6 is 0 Å². The molecule has 8 nitrogen and oxygen atoms in total. The maximum Gasteiger partial charge on any atom is 0.228 e. The number of fused-ring (bicyclic) bond motifs is 3.